The van der Waals surface area contributed by atoms with Crippen LogP contribution in [0.4, 0.5) is 0 Å². The van der Waals surface area contributed by atoms with Crippen molar-refractivity contribution in [3.63, 3.8) is 0 Å². The van der Waals surface area contributed by atoms with Crippen LogP contribution >= 0.6 is 0 Å². The first-order valence-electron chi connectivity index (χ1n) is 3.89. The predicted octanol–water partition coefficient (Wildman–Crippen LogP) is 2.65. The SMILES string of the molecule is CC12[CH]C(C)(C)C(C1)C2. The highest BCUT2D eigenvalue weighted by molar-refractivity contribution is 5.18. The second kappa shape index (κ2) is 1.21. The maximum absolute atomic E-state index is 2.56. The van der Waals surface area contributed by atoms with Crippen molar-refractivity contribution < 1.29 is 0 Å². The van der Waals surface area contributed by atoms with E-state index in [2.05, 4.69) is 27.2 Å². The average Bonchev–Trinajstić information content (AvgIpc) is 1.83. The molecule has 3 saturated carbocycles. The summed E-state index contributed by atoms with van der Waals surface area (Å²) in [4.78, 5) is 0. The van der Waals surface area contributed by atoms with E-state index in [0.29, 0.717) is 10.8 Å². The summed E-state index contributed by atoms with van der Waals surface area (Å²) in [5, 5.41) is 0. The van der Waals surface area contributed by atoms with Crippen LogP contribution < -0.4 is 0 Å². The van der Waals surface area contributed by atoms with E-state index in [1.165, 1.54) is 12.8 Å². The number of hydrogen-bond acceptors (Lipinski definition) is 0. The molecular formula is C9H15. The number of fused-ring (bicyclic) bond motifs is 1. The lowest BCUT2D eigenvalue weighted by molar-refractivity contribution is 0.152. The number of rotatable bonds is 0. The van der Waals surface area contributed by atoms with E-state index in [9.17, 15) is 0 Å². The molecule has 0 unspecified atom stereocenters. The summed E-state index contributed by atoms with van der Waals surface area (Å²) >= 11 is 0. The van der Waals surface area contributed by atoms with Crippen LogP contribution in [-0.4, -0.2) is 0 Å². The first-order valence-corrected chi connectivity index (χ1v) is 3.89. The van der Waals surface area contributed by atoms with Crippen LogP contribution in [0.1, 0.15) is 33.6 Å². The quantitative estimate of drug-likeness (QED) is 0.464. The Kier molecular flexibility index (Phi) is 0.774. The molecule has 0 saturated heterocycles. The van der Waals surface area contributed by atoms with E-state index in [4.69, 9.17) is 0 Å². The van der Waals surface area contributed by atoms with Crippen molar-refractivity contribution in [2.75, 3.05) is 0 Å². The molecule has 9 heavy (non-hydrogen) atoms. The minimum absolute atomic E-state index is 0.564. The fourth-order valence-electron chi connectivity index (χ4n) is 2.73. The van der Waals surface area contributed by atoms with Crippen LogP contribution in [0.2, 0.25) is 0 Å². The van der Waals surface area contributed by atoms with Crippen LogP contribution in [0.3, 0.4) is 0 Å². The predicted molar refractivity (Wildman–Crippen MR) is 38.9 cm³/mol. The molecule has 0 amide bonds. The summed E-state index contributed by atoms with van der Waals surface area (Å²) in [5.74, 6) is 1.02. The van der Waals surface area contributed by atoms with Gasteiger partial charge < -0.3 is 0 Å². The van der Waals surface area contributed by atoms with E-state index >= 15 is 0 Å². The van der Waals surface area contributed by atoms with E-state index in [0.717, 1.165) is 5.92 Å². The minimum atomic E-state index is 0.564. The standard InChI is InChI=1S/C9H15/c1-8(2)6-9(3)4-7(8)5-9/h6-7H,4-5H2,1-3H3. The maximum atomic E-state index is 2.56. The van der Waals surface area contributed by atoms with Gasteiger partial charge in [-0.2, -0.15) is 0 Å². The molecule has 51 valence electrons. The molecule has 3 rings (SSSR count). The van der Waals surface area contributed by atoms with Gasteiger partial charge in [-0.15, -0.1) is 0 Å². The molecule has 1 radical (unpaired) electrons. The van der Waals surface area contributed by atoms with Gasteiger partial charge in [0.15, 0.2) is 0 Å². The van der Waals surface area contributed by atoms with Crippen molar-refractivity contribution >= 4 is 0 Å². The van der Waals surface area contributed by atoms with Gasteiger partial charge >= 0.3 is 0 Å². The summed E-state index contributed by atoms with van der Waals surface area (Å²) in [6.07, 6.45) is 5.48. The van der Waals surface area contributed by atoms with Gasteiger partial charge in [-0.1, -0.05) is 20.8 Å². The summed E-state index contributed by atoms with van der Waals surface area (Å²) in [5.41, 5.74) is 1.21. The van der Waals surface area contributed by atoms with Crippen molar-refractivity contribution in [2.24, 2.45) is 16.7 Å². The van der Waals surface area contributed by atoms with Gasteiger partial charge in [0.05, 0.1) is 0 Å². The van der Waals surface area contributed by atoms with Crippen molar-refractivity contribution in [3.05, 3.63) is 6.42 Å². The Balaban J connectivity index is 2.23. The lowest BCUT2D eigenvalue weighted by atomic mass is 9.70. The fraction of sp³-hybridized carbons (Fsp3) is 0.889. The summed E-state index contributed by atoms with van der Waals surface area (Å²) in [6.45, 7) is 7.13. The summed E-state index contributed by atoms with van der Waals surface area (Å²) in [6, 6.07) is 0. The fourth-order valence-corrected chi connectivity index (χ4v) is 2.73. The normalized spacial score (nSPS) is 53.0. The van der Waals surface area contributed by atoms with Crippen molar-refractivity contribution in [1.29, 1.82) is 0 Å². The number of hydrogen-bond donors (Lipinski definition) is 0. The Hall–Kier alpha value is 0. The summed E-state index contributed by atoms with van der Waals surface area (Å²) in [7, 11) is 0. The molecule has 0 heterocycles. The summed E-state index contributed by atoms with van der Waals surface area (Å²) < 4.78 is 0. The molecule has 0 atom stereocenters. The van der Waals surface area contributed by atoms with Crippen molar-refractivity contribution in [1.82, 2.24) is 0 Å². The van der Waals surface area contributed by atoms with E-state index in [1.54, 1.807) is 0 Å². The highest BCUT2D eigenvalue weighted by Gasteiger charge is 2.56. The molecule has 0 nitrogen and oxygen atoms in total. The van der Waals surface area contributed by atoms with E-state index < -0.39 is 0 Å². The van der Waals surface area contributed by atoms with Crippen LogP contribution in [0.15, 0.2) is 0 Å². The third-order valence-corrected chi connectivity index (χ3v) is 3.20. The van der Waals surface area contributed by atoms with Crippen LogP contribution in [0.25, 0.3) is 0 Å². The molecular weight excluding hydrogens is 108 g/mol. The molecule has 3 fully saturated rings. The maximum Gasteiger partial charge on any atom is -0.0267 e. The van der Waals surface area contributed by atoms with Crippen LogP contribution in [-0.2, 0) is 0 Å². The lowest BCUT2D eigenvalue weighted by Gasteiger charge is -2.35. The van der Waals surface area contributed by atoms with Crippen LogP contribution in [0.5, 0.6) is 0 Å². The zero-order valence-electron chi connectivity index (χ0n) is 6.57. The molecule has 2 bridgehead atoms. The Bertz CT molecular complexity index is 138. The van der Waals surface area contributed by atoms with Crippen LogP contribution in [0, 0.1) is 23.2 Å². The molecule has 3 aliphatic rings. The highest BCUT2D eigenvalue weighted by atomic mass is 14.6. The monoisotopic (exact) mass is 123 g/mol. The molecule has 0 N–H and O–H groups in total. The molecule has 0 heteroatoms. The van der Waals surface area contributed by atoms with Gasteiger partial charge in [-0.3, -0.25) is 0 Å². The average molecular weight is 123 g/mol. The van der Waals surface area contributed by atoms with Gasteiger partial charge in [0.25, 0.3) is 0 Å². The van der Waals surface area contributed by atoms with Gasteiger partial charge in [-0.05, 0) is 36.0 Å². The lowest BCUT2D eigenvalue weighted by Crippen LogP contribution is -2.25. The topological polar surface area (TPSA) is 0 Å². The zero-order chi connectivity index (χ0) is 6.70. The molecule has 0 aromatic rings. The first-order chi connectivity index (χ1) is 4.02. The van der Waals surface area contributed by atoms with Crippen molar-refractivity contribution in [3.8, 4) is 0 Å². The van der Waals surface area contributed by atoms with Gasteiger partial charge in [0.1, 0.15) is 0 Å². The van der Waals surface area contributed by atoms with Gasteiger partial charge in [0.2, 0.25) is 0 Å². The molecule has 0 spiro atoms. The smallest absolute Gasteiger partial charge is 0.0267 e. The zero-order valence-corrected chi connectivity index (χ0v) is 6.57. The second-order valence-corrected chi connectivity index (χ2v) is 4.72. The largest absolute Gasteiger partial charge is 0.0593 e. The Morgan fingerprint density at radius 3 is 1.89 bits per heavy atom. The van der Waals surface area contributed by atoms with E-state index in [-0.39, 0.29) is 0 Å². The Morgan fingerprint density at radius 2 is 1.78 bits per heavy atom. The second-order valence-electron chi connectivity index (χ2n) is 4.72. The minimum Gasteiger partial charge on any atom is -0.0593 e. The van der Waals surface area contributed by atoms with Gasteiger partial charge in [0, 0.05) is 0 Å². The molecule has 0 aromatic heterocycles. The molecule has 0 aromatic carbocycles. The van der Waals surface area contributed by atoms with Crippen molar-refractivity contribution in [2.45, 2.75) is 33.6 Å². The Morgan fingerprint density at radius 1 is 1.22 bits per heavy atom. The molecule has 3 aliphatic carbocycles. The third-order valence-electron chi connectivity index (χ3n) is 3.20. The Labute approximate surface area is 57.6 Å². The van der Waals surface area contributed by atoms with E-state index in [1.807, 2.05) is 0 Å². The van der Waals surface area contributed by atoms with Gasteiger partial charge in [-0.25, -0.2) is 0 Å². The third kappa shape index (κ3) is 0.595. The molecule has 0 aliphatic heterocycles. The highest BCUT2D eigenvalue weighted by Crippen LogP contribution is 2.66. The first kappa shape index (κ1) is 5.76.